The fraction of sp³-hybridized carbons (Fsp3) is 0.562. The topological polar surface area (TPSA) is 55.8 Å². The van der Waals surface area contributed by atoms with Gasteiger partial charge < -0.3 is 9.16 Å². The Balaban J connectivity index is 1.87. The van der Waals surface area contributed by atoms with Crippen molar-refractivity contribution in [2.75, 3.05) is 4.31 Å². The molecule has 2 aliphatic rings. The zero-order valence-corrected chi connectivity index (χ0v) is 27.3. The lowest BCUT2D eigenvalue weighted by molar-refractivity contribution is -0.0528. The smallest absolute Gasteiger partial charge is 0.264 e. The second kappa shape index (κ2) is 9.69. The monoisotopic (exact) mass is 569 g/mol. The van der Waals surface area contributed by atoms with Gasteiger partial charge >= 0.3 is 0 Å². The average Bonchev–Trinajstić information content (AvgIpc) is 3.11. The number of benzene rings is 2. The van der Waals surface area contributed by atoms with Gasteiger partial charge in [-0.05, 0) is 98.1 Å². The molecular formula is C32H47NO4SSi. The van der Waals surface area contributed by atoms with E-state index < -0.39 is 30.5 Å². The molecule has 2 fully saturated rings. The van der Waals surface area contributed by atoms with Crippen molar-refractivity contribution >= 4 is 24.0 Å². The van der Waals surface area contributed by atoms with Crippen molar-refractivity contribution in [2.24, 2.45) is 16.7 Å². The summed E-state index contributed by atoms with van der Waals surface area (Å²) >= 11 is 0. The van der Waals surface area contributed by atoms with Gasteiger partial charge in [-0.1, -0.05) is 65.8 Å². The Hall–Kier alpha value is -2.25. The highest BCUT2D eigenvalue weighted by Crippen LogP contribution is 2.68. The fourth-order valence-corrected chi connectivity index (χ4v) is 9.21. The van der Waals surface area contributed by atoms with Crippen LogP contribution in [0, 0.1) is 30.6 Å². The van der Waals surface area contributed by atoms with Gasteiger partial charge in [0.2, 0.25) is 0 Å². The quantitative estimate of drug-likeness (QED) is 0.237. The Morgan fingerprint density at radius 1 is 1.03 bits per heavy atom. The molecule has 4 rings (SSSR count). The highest BCUT2D eigenvalue weighted by atomic mass is 32.2. The molecule has 2 aromatic rings. The normalized spacial score (nSPS) is 26.4. The molecular weight excluding hydrogens is 523 g/mol. The van der Waals surface area contributed by atoms with E-state index in [9.17, 15) is 8.42 Å². The Bertz CT molecular complexity index is 1330. The molecule has 2 aromatic carbocycles. The van der Waals surface area contributed by atoms with Crippen molar-refractivity contribution in [3.8, 4) is 0 Å². The van der Waals surface area contributed by atoms with E-state index in [1.807, 2.05) is 32.0 Å². The lowest BCUT2D eigenvalue weighted by Gasteiger charge is -2.44. The molecule has 0 radical (unpaired) electrons. The summed E-state index contributed by atoms with van der Waals surface area (Å²) in [6.45, 7) is 25.9. The van der Waals surface area contributed by atoms with Crippen LogP contribution < -0.4 is 4.31 Å². The van der Waals surface area contributed by atoms with Crippen LogP contribution >= 0.6 is 0 Å². The molecule has 0 aromatic heterocycles. The zero-order chi connectivity index (χ0) is 29.2. The maximum atomic E-state index is 14.5. The molecule has 0 amide bonds. The second-order valence-corrected chi connectivity index (χ2v) is 20.5. The minimum atomic E-state index is -3.91. The molecule has 5 nitrogen and oxygen atoms in total. The van der Waals surface area contributed by atoms with Gasteiger partial charge in [-0.3, -0.25) is 4.31 Å². The Kier molecular flexibility index (Phi) is 7.38. The highest BCUT2D eigenvalue weighted by molar-refractivity contribution is 7.92. The van der Waals surface area contributed by atoms with Crippen LogP contribution in [0.1, 0.15) is 65.5 Å². The molecule has 2 aliphatic carbocycles. The van der Waals surface area contributed by atoms with Crippen LogP contribution in [0.15, 0.2) is 66.0 Å². The van der Waals surface area contributed by atoms with Crippen molar-refractivity contribution in [3.63, 3.8) is 0 Å². The fourth-order valence-electron chi connectivity index (χ4n) is 6.60. The number of nitrogens with zero attached hydrogens (tertiary/aromatic N) is 1. The minimum Gasteiger partial charge on any atom is -0.519 e. The molecule has 2 bridgehead atoms. The van der Waals surface area contributed by atoms with E-state index in [2.05, 4.69) is 67.3 Å². The van der Waals surface area contributed by atoms with Crippen LogP contribution in [0.3, 0.4) is 0 Å². The van der Waals surface area contributed by atoms with Crippen molar-refractivity contribution in [1.82, 2.24) is 0 Å². The predicted molar refractivity (Wildman–Crippen MR) is 163 cm³/mol. The average molecular weight is 570 g/mol. The van der Waals surface area contributed by atoms with Gasteiger partial charge in [0.15, 0.2) is 0 Å². The van der Waals surface area contributed by atoms with Gasteiger partial charge in [0, 0.05) is 5.41 Å². The second-order valence-electron chi connectivity index (χ2n) is 14.0. The molecule has 0 aliphatic heterocycles. The third-order valence-corrected chi connectivity index (χ3v) is 16.4. The third kappa shape index (κ3) is 4.94. The molecule has 0 saturated heterocycles. The third-order valence-electron chi connectivity index (χ3n) is 10.2. The SMILES string of the molecule is C=C(OC1C(N(c2cc(C)cc(C)c2)S(=O)(=O)c2ccccc2)C2CCC1(C)C2(C)C)O[Si](C)(C)C(C)(C)C. The molecule has 0 N–H and O–H groups in total. The molecule has 0 spiro atoms. The van der Waals surface area contributed by atoms with Crippen LogP contribution in [0.2, 0.25) is 18.1 Å². The summed E-state index contributed by atoms with van der Waals surface area (Å²) in [5.41, 5.74) is 2.32. The Morgan fingerprint density at radius 2 is 1.59 bits per heavy atom. The predicted octanol–water partition coefficient (Wildman–Crippen LogP) is 8.20. The first-order valence-electron chi connectivity index (χ1n) is 14.1. The number of ether oxygens (including phenoxy) is 1. The van der Waals surface area contributed by atoms with E-state index in [0.29, 0.717) is 11.6 Å². The van der Waals surface area contributed by atoms with Crippen LogP contribution in [-0.2, 0) is 19.2 Å². The minimum absolute atomic E-state index is 0.0155. The zero-order valence-electron chi connectivity index (χ0n) is 25.5. The summed E-state index contributed by atoms with van der Waals surface area (Å²) in [7, 11) is -6.10. The lowest BCUT2D eigenvalue weighted by atomic mass is 9.70. The van der Waals surface area contributed by atoms with Gasteiger partial charge in [0.05, 0.1) is 16.6 Å². The van der Waals surface area contributed by atoms with E-state index in [0.717, 1.165) is 24.0 Å². The first kappa shape index (κ1) is 29.7. The van der Waals surface area contributed by atoms with E-state index in [1.165, 1.54) is 0 Å². The van der Waals surface area contributed by atoms with Gasteiger partial charge in [-0.2, -0.15) is 0 Å². The summed E-state index contributed by atoms with van der Waals surface area (Å²) in [5, 5.41) is -0.0155. The molecule has 4 unspecified atom stereocenters. The van der Waals surface area contributed by atoms with E-state index >= 15 is 0 Å². The van der Waals surface area contributed by atoms with Crippen LogP contribution in [0.5, 0.6) is 0 Å². The summed E-state index contributed by atoms with van der Waals surface area (Å²) in [6.07, 6.45) is 1.49. The number of sulfonamides is 1. The number of hydrogen-bond donors (Lipinski definition) is 0. The van der Waals surface area contributed by atoms with E-state index in [1.54, 1.807) is 28.6 Å². The Labute approximate surface area is 237 Å². The van der Waals surface area contributed by atoms with Gasteiger partial charge in [-0.25, -0.2) is 8.42 Å². The van der Waals surface area contributed by atoms with Crippen molar-refractivity contribution in [2.45, 2.75) is 103 Å². The molecule has 4 atom stereocenters. The summed E-state index contributed by atoms with van der Waals surface area (Å²) in [4.78, 5) is 0.282. The van der Waals surface area contributed by atoms with Crippen molar-refractivity contribution < 1.29 is 17.6 Å². The maximum absolute atomic E-state index is 14.5. The molecule has 7 heteroatoms. The Morgan fingerprint density at radius 3 is 2.13 bits per heavy atom. The number of hydrogen-bond acceptors (Lipinski definition) is 4. The summed E-state index contributed by atoms with van der Waals surface area (Å²) in [5.74, 6) is 0.408. The van der Waals surface area contributed by atoms with Gasteiger partial charge in [-0.15, -0.1) is 0 Å². The first-order chi connectivity index (χ1) is 17.8. The number of aryl methyl sites for hydroxylation is 2. The van der Waals surface area contributed by atoms with E-state index in [4.69, 9.17) is 9.16 Å². The van der Waals surface area contributed by atoms with Crippen molar-refractivity contribution in [1.29, 1.82) is 0 Å². The largest absolute Gasteiger partial charge is 0.519 e. The first-order valence-corrected chi connectivity index (χ1v) is 18.4. The van der Waals surface area contributed by atoms with Crippen molar-refractivity contribution in [3.05, 3.63) is 72.2 Å². The van der Waals surface area contributed by atoms with Crippen LogP contribution in [-0.4, -0.2) is 28.9 Å². The molecule has 214 valence electrons. The number of rotatable bonds is 8. The molecule has 39 heavy (non-hydrogen) atoms. The van der Waals surface area contributed by atoms with Crippen LogP contribution in [0.4, 0.5) is 5.69 Å². The van der Waals surface area contributed by atoms with Crippen LogP contribution in [0.25, 0.3) is 0 Å². The maximum Gasteiger partial charge on any atom is 0.264 e. The lowest BCUT2D eigenvalue weighted by Crippen LogP contribution is -2.53. The summed E-state index contributed by atoms with van der Waals surface area (Å²) in [6, 6.07) is 14.4. The number of fused-ring (bicyclic) bond motifs is 2. The summed E-state index contributed by atoms with van der Waals surface area (Å²) < 4.78 is 44.0. The standard InChI is InChI=1S/C32H47NO4SSi/c1-22-19-23(2)21-25(20-22)33(38(34,35)26-15-13-12-14-16-26)28-27-17-18-32(9,31(27,7)8)29(28)36-24(3)37-39(10,11)30(4,5)6/h12-16,19-21,27-29H,3,17-18H2,1-2,4-11H3. The number of anilines is 1. The highest BCUT2D eigenvalue weighted by Gasteiger charge is 2.70. The molecule has 0 heterocycles. The molecule has 2 saturated carbocycles. The van der Waals surface area contributed by atoms with Gasteiger partial charge in [0.25, 0.3) is 24.3 Å². The van der Waals surface area contributed by atoms with Gasteiger partial charge in [0.1, 0.15) is 6.10 Å². The van der Waals surface area contributed by atoms with E-state index in [-0.39, 0.29) is 26.7 Å².